The molecule has 88 valence electrons. The smallest absolute Gasteiger partial charge is 0.250 e. The molecule has 0 fully saturated rings. The van der Waals surface area contributed by atoms with E-state index < -0.39 is 5.91 Å². The van der Waals surface area contributed by atoms with Crippen LogP contribution in [0.5, 0.6) is 5.75 Å². The highest BCUT2D eigenvalue weighted by molar-refractivity contribution is 5.99. The number of benzene rings is 1. The number of hydrogen-bond acceptors (Lipinski definition) is 4. The van der Waals surface area contributed by atoms with Crippen molar-refractivity contribution < 1.29 is 14.3 Å². The number of nitrogen functional groups attached to an aromatic ring is 1. The minimum Gasteiger partial charge on any atom is -0.489 e. The third kappa shape index (κ3) is 3.13. The standard InChI is InChI=1S/C11H16N2O3/c1-2-15-6-7-16-9-5-3-4-8(10(9)12)11(13)14/h3-5H,2,6-7,12H2,1H3,(H2,13,14). The molecule has 0 atom stereocenters. The fraction of sp³-hybridized carbons (Fsp3) is 0.364. The third-order valence-electron chi connectivity index (χ3n) is 2.02. The predicted molar refractivity (Wildman–Crippen MR) is 61.4 cm³/mol. The van der Waals surface area contributed by atoms with Gasteiger partial charge in [0.25, 0.3) is 5.91 Å². The first kappa shape index (κ1) is 12.3. The lowest BCUT2D eigenvalue weighted by Gasteiger charge is -2.10. The van der Waals surface area contributed by atoms with Crippen molar-refractivity contribution in [2.24, 2.45) is 5.73 Å². The fourth-order valence-corrected chi connectivity index (χ4v) is 1.24. The van der Waals surface area contributed by atoms with Crippen molar-refractivity contribution in [2.45, 2.75) is 6.92 Å². The average molecular weight is 224 g/mol. The predicted octanol–water partition coefficient (Wildman–Crippen LogP) is 0.783. The number of rotatable bonds is 6. The van der Waals surface area contributed by atoms with E-state index in [-0.39, 0.29) is 11.3 Å². The Morgan fingerprint density at radius 1 is 1.38 bits per heavy atom. The van der Waals surface area contributed by atoms with E-state index in [1.54, 1.807) is 18.2 Å². The second kappa shape index (κ2) is 5.97. The van der Waals surface area contributed by atoms with E-state index >= 15 is 0 Å². The normalized spacial score (nSPS) is 10.1. The zero-order chi connectivity index (χ0) is 12.0. The zero-order valence-corrected chi connectivity index (χ0v) is 9.23. The maximum atomic E-state index is 11.0. The molecule has 0 unspecified atom stereocenters. The van der Waals surface area contributed by atoms with Crippen molar-refractivity contribution in [3.8, 4) is 5.75 Å². The Labute approximate surface area is 94.3 Å². The lowest BCUT2D eigenvalue weighted by atomic mass is 10.1. The topological polar surface area (TPSA) is 87.6 Å². The second-order valence-electron chi connectivity index (χ2n) is 3.13. The zero-order valence-electron chi connectivity index (χ0n) is 9.23. The summed E-state index contributed by atoms with van der Waals surface area (Å²) in [6, 6.07) is 4.92. The second-order valence-corrected chi connectivity index (χ2v) is 3.13. The molecule has 0 radical (unpaired) electrons. The number of amides is 1. The molecule has 0 saturated heterocycles. The van der Waals surface area contributed by atoms with Crippen LogP contribution in [0, 0.1) is 0 Å². The minimum absolute atomic E-state index is 0.270. The van der Waals surface area contributed by atoms with E-state index in [0.29, 0.717) is 25.6 Å². The van der Waals surface area contributed by atoms with Crippen LogP contribution in [0.4, 0.5) is 5.69 Å². The number of nitrogens with two attached hydrogens (primary N) is 2. The van der Waals surface area contributed by atoms with Gasteiger partial charge in [-0.25, -0.2) is 0 Å². The molecule has 4 N–H and O–H groups in total. The molecule has 1 aromatic rings. The molecule has 1 aromatic carbocycles. The number of hydrogen-bond donors (Lipinski definition) is 2. The molecule has 1 amide bonds. The summed E-state index contributed by atoms with van der Waals surface area (Å²) in [6.07, 6.45) is 0. The number of carbonyl (C=O) groups is 1. The maximum absolute atomic E-state index is 11.0. The van der Waals surface area contributed by atoms with Gasteiger partial charge >= 0.3 is 0 Å². The summed E-state index contributed by atoms with van der Waals surface area (Å²) >= 11 is 0. The van der Waals surface area contributed by atoms with Crippen LogP contribution in [0.1, 0.15) is 17.3 Å². The monoisotopic (exact) mass is 224 g/mol. The van der Waals surface area contributed by atoms with Gasteiger partial charge in [0.05, 0.1) is 17.9 Å². The number of primary amides is 1. The summed E-state index contributed by atoms with van der Waals surface area (Å²) in [5.41, 5.74) is 11.4. The van der Waals surface area contributed by atoms with Crippen molar-refractivity contribution in [3.63, 3.8) is 0 Å². The Balaban J connectivity index is 2.66. The van der Waals surface area contributed by atoms with Crippen LogP contribution in [0.15, 0.2) is 18.2 Å². The molecule has 5 heteroatoms. The van der Waals surface area contributed by atoms with E-state index in [4.69, 9.17) is 20.9 Å². The van der Waals surface area contributed by atoms with E-state index in [2.05, 4.69) is 0 Å². The van der Waals surface area contributed by atoms with Gasteiger partial charge in [0.15, 0.2) is 0 Å². The molecular formula is C11H16N2O3. The maximum Gasteiger partial charge on any atom is 0.250 e. The number of carbonyl (C=O) groups excluding carboxylic acids is 1. The van der Waals surface area contributed by atoms with Gasteiger partial charge in [0.2, 0.25) is 0 Å². The molecule has 0 aliphatic carbocycles. The van der Waals surface area contributed by atoms with Crippen LogP contribution in [-0.2, 0) is 4.74 Å². The van der Waals surface area contributed by atoms with Gasteiger partial charge in [-0.3, -0.25) is 4.79 Å². The molecule has 0 bridgehead atoms. The number of ether oxygens (including phenoxy) is 2. The van der Waals surface area contributed by atoms with Gasteiger partial charge in [-0.15, -0.1) is 0 Å². The number of para-hydroxylation sites is 1. The third-order valence-corrected chi connectivity index (χ3v) is 2.02. The van der Waals surface area contributed by atoms with Crippen molar-refractivity contribution in [1.29, 1.82) is 0 Å². The van der Waals surface area contributed by atoms with Crippen LogP contribution in [0.25, 0.3) is 0 Å². The molecule has 0 aliphatic rings. The van der Waals surface area contributed by atoms with E-state index in [1.165, 1.54) is 0 Å². The highest BCUT2D eigenvalue weighted by Gasteiger charge is 2.09. The van der Waals surface area contributed by atoms with Gasteiger partial charge in [0, 0.05) is 6.61 Å². The Morgan fingerprint density at radius 3 is 2.75 bits per heavy atom. The van der Waals surface area contributed by atoms with Crippen molar-refractivity contribution in [2.75, 3.05) is 25.6 Å². The van der Waals surface area contributed by atoms with Crippen LogP contribution in [0.3, 0.4) is 0 Å². The van der Waals surface area contributed by atoms with E-state index in [0.717, 1.165) is 0 Å². The van der Waals surface area contributed by atoms with E-state index in [1.807, 2.05) is 6.92 Å². The Kier molecular flexibility index (Phi) is 4.60. The first-order valence-electron chi connectivity index (χ1n) is 5.05. The highest BCUT2D eigenvalue weighted by atomic mass is 16.5. The first-order chi connectivity index (χ1) is 7.66. The Morgan fingerprint density at radius 2 is 2.12 bits per heavy atom. The Hall–Kier alpha value is -1.75. The van der Waals surface area contributed by atoms with Gasteiger partial charge in [-0.05, 0) is 19.1 Å². The van der Waals surface area contributed by atoms with Crippen LogP contribution in [-0.4, -0.2) is 25.7 Å². The lowest BCUT2D eigenvalue weighted by molar-refractivity contribution is 0.1000. The molecule has 0 spiro atoms. The lowest BCUT2D eigenvalue weighted by Crippen LogP contribution is -2.15. The highest BCUT2D eigenvalue weighted by Crippen LogP contribution is 2.24. The van der Waals surface area contributed by atoms with Crippen LogP contribution in [0.2, 0.25) is 0 Å². The Bertz CT molecular complexity index is 366. The summed E-state index contributed by atoms with van der Waals surface area (Å²) in [4.78, 5) is 11.0. The molecule has 0 aromatic heterocycles. The van der Waals surface area contributed by atoms with Crippen molar-refractivity contribution in [3.05, 3.63) is 23.8 Å². The SMILES string of the molecule is CCOCCOc1cccc(C(N)=O)c1N. The van der Waals surface area contributed by atoms with Gasteiger partial charge in [0.1, 0.15) is 12.4 Å². The van der Waals surface area contributed by atoms with Crippen LogP contribution >= 0.6 is 0 Å². The van der Waals surface area contributed by atoms with Crippen molar-refractivity contribution in [1.82, 2.24) is 0 Å². The minimum atomic E-state index is -0.562. The molecule has 0 aliphatic heterocycles. The molecule has 5 nitrogen and oxygen atoms in total. The van der Waals surface area contributed by atoms with Crippen molar-refractivity contribution >= 4 is 11.6 Å². The molecule has 1 rings (SSSR count). The molecule has 0 saturated carbocycles. The fourth-order valence-electron chi connectivity index (χ4n) is 1.24. The summed E-state index contributed by atoms with van der Waals surface area (Å²) in [5.74, 6) is -0.108. The average Bonchev–Trinajstić information content (AvgIpc) is 2.26. The molecular weight excluding hydrogens is 208 g/mol. The largest absolute Gasteiger partial charge is 0.489 e. The van der Waals surface area contributed by atoms with E-state index in [9.17, 15) is 4.79 Å². The van der Waals surface area contributed by atoms with Gasteiger partial charge in [-0.2, -0.15) is 0 Å². The number of anilines is 1. The summed E-state index contributed by atoms with van der Waals surface area (Å²) < 4.78 is 10.5. The summed E-state index contributed by atoms with van der Waals surface area (Å²) in [5, 5.41) is 0. The van der Waals surface area contributed by atoms with Gasteiger partial charge in [-0.1, -0.05) is 6.07 Å². The summed E-state index contributed by atoms with van der Waals surface area (Å²) in [7, 11) is 0. The van der Waals surface area contributed by atoms with Gasteiger partial charge < -0.3 is 20.9 Å². The molecule has 0 heterocycles. The van der Waals surface area contributed by atoms with Crippen LogP contribution < -0.4 is 16.2 Å². The summed E-state index contributed by atoms with van der Waals surface area (Å²) in [6.45, 7) is 3.42. The first-order valence-corrected chi connectivity index (χ1v) is 5.05. The quantitative estimate of drug-likeness (QED) is 0.552. The molecule has 16 heavy (non-hydrogen) atoms.